The standard InChI is InChI=1S/C16H25N5O2/c1-5-13(21-9-7-8-17-21)16(22)20(6-2)11-14-18-15(23-19-14)10-12(3)4/h7-9,12-13H,5-6,10-11H2,1-4H3/t13-/m0/s1. The number of carbonyl (C=O) groups is 1. The summed E-state index contributed by atoms with van der Waals surface area (Å²) >= 11 is 0. The highest BCUT2D eigenvalue weighted by Gasteiger charge is 2.25. The molecule has 7 heteroatoms. The third kappa shape index (κ3) is 4.40. The van der Waals surface area contributed by atoms with Gasteiger partial charge in [0.05, 0.1) is 6.54 Å². The van der Waals surface area contributed by atoms with Crippen LogP contribution >= 0.6 is 0 Å². The Bertz CT molecular complexity index is 606. The van der Waals surface area contributed by atoms with E-state index in [1.54, 1.807) is 15.8 Å². The van der Waals surface area contributed by atoms with Gasteiger partial charge in [-0.1, -0.05) is 25.9 Å². The highest BCUT2D eigenvalue weighted by Crippen LogP contribution is 2.15. The average molecular weight is 319 g/mol. The minimum atomic E-state index is -0.299. The van der Waals surface area contributed by atoms with E-state index in [0.717, 1.165) is 6.42 Å². The summed E-state index contributed by atoms with van der Waals surface area (Å²) in [4.78, 5) is 18.9. The van der Waals surface area contributed by atoms with Crippen LogP contribution in [0.1, 0.15) is 51.9 Å². The quantitative estimate of drug-likeness (QED) is 0.747. The fraction of sp³-hybridized carbons (Fsp3) is 0.625. The maximum absolute atomic E-state index is 12.8. The lowest BCUT2D eigenvalue weighted by Gasteiger charge is -2.24. The lowest BCUT2D eigenvalue weighted by atomic mass is 10.1. The van der Waals surface area contributed by atoms with Gasteiger partial charge < -0.3 is 9.42 Å². The first-order chi connectivity index (χ1) is 11.0. The van der Waals surface area contributed by atoms with Gasteiger partial charge in [-0.25, -0.2) is 0 Å². The van der Waals surface area contributed by atoms with Crippen LogP contribution in [0.2, 0.25) is 0 Å². The van der Waals surface area contributed by atoms with Crippen LogP contribution < -0.4 is 0 Å². The fourth-order valence-corrected chi connectivity index (χ4v) is 2.45. The Morgan fingerprint density at radius 3 is 2.74 bits per heavy atom. The molecule has 1 amide bonds. The molecule has 7 nitrogen and oxygen atoms in total. The van der Waals surface area contributed by atoms with E-state index < -0.39 is 0 Å². The number of aromatic nitrogens is 4. The van der Waals surface area contributed by atoms with Crippen molar-refractivity contribution >= 4 is 5.91 Å². The summed E-state index contributed by atoms with van der Waals surface area (Å²) in [6, 6.07) is 1.52. The predicted octanol–water partition coefficient (Wildman–Crippen LogP) is 2.46. The number of likely N-dealkylation sites (N-methyl/N-ethyl adjacent to an activating group) is 1. The molecule has 0 aliphatic heterocycles. The highest BCUT2D eigenvalue weighted by atomic mass is 16.5. The van der Waals surface area contributed by atoms with Crippen molar-refractivity contribution in [3.63, 3.8) is 0 Å². The molecule has 1 atom stereocenters. The largest absolute Gasteiger partial charge is 0.339 e. The summed E-state index contributed by atoms with van der Waals surface area (Å²) in [6.45, 7) is 9.07. The molecule has 0 fully saturated rings. The summed E-state index contributed by atoms with van der Waals surface area (Å²) in [7, 11) is 0. The van der Waals surface area contributed by atoms with E-state index in [9.17, 15) is 4.79 Å². The summed E-state index contributed by atoms with van der Waals surface area (Å²) in [6.07, 6.45) is 4.93. The van der Waals surface area contributed by atoms with Crippen molar-refractivity contribution in [1.82, 2.24) is 24.8 Å². The molecule has 2 heterocycles. The number of hydrogen-bond donors (Lipinski definition) is 0. The third-order valence-electron chi connectivity index (χ3n) is 3.63. The molecule has 0 radical (unpaired) electrons. The van der Waals surface area contributed by atoms with Crippen LogP contribution in [0.3, 0.4) is 0 Å². The molecule has 0 aromatic carbocycles. The minimum absolute atomic E-state index is 0.0221. The molecule has 2 aromatic heterocycles. The predicted molar refractivity (Wildman–Crippen MR) is 85.5 cm³/mol. The second kappa shape index (κ2) is 7.89. The van der Waals surface area contributed by atoms with Crippen LogP contribution in [0, 0.1) is 5.92 Å². The first kappa shape index (κ1) is 17.2. The summed E-state index contributed by atoms with van der Waals surface area (Å²) in [5.74, 6) is 1.65. The van der Waals surface area contributed by atoms with Crippen LogP contribution in [-0.2, 0) is 17.8 Å². The van der Waals surface area contributed by atoms with Crippen LogP contribution in [0.15, 0.2) is 23.0 Å². The third-order valence-corrected chi connectivity index (χ3v) is 3.63. The Morgan fingerprint density at radius 2 is 2.17 bits per heavy atom. The molecule has 0 bridgehead atoms. The Balaban J connectivity index is 2.06. The van der Waals surface area contributed by atoms with Gasteiger partial charge in [0.1, 0.15) is 6.04 Å². The first-order valence-corrected chi connectivity index (χ1v) is 8.14. The number of nitrogens with zero attached hydrogens (tertiary/aromatic N) is 5. The molecule has 23 heavy (non-hydrogen) atoms. The highest BCUT2D eigenvalue weighted by molar-refractivity contribution is 5.80. The van der Waals surface area contributed by atoms with E-state index in [4.69, 9.17) is 4.52 Å². The maximum Gasteiger partial charge on any atom is 0.247 e. The Labute approximate surface area is 136 Å². The number of carbonyl (C=O) groups excluding carboxylic acids is 1. The van der Waals surface area contributed by atoms with E-state index >= 15 is 0 Å². The normalized spacial score (nSPS) is 12.6. The van der Waals surface area contributed by atoms with Crippen molar-refractivity contribution in [2.24, 2.45) is 5.92 Å². The van der Waals surface area contributed by atoms with Gasteiger partial charge in [0.2, 0.25) is 11.8 Å². The Hall–Kier alpha value is -2.18. The van der Waals surface area contributed by atoms with E-state index in [0.29, 0.717) is 37.1 Å². The lowest BCUT2D eigenvalue weighted by Crippen LogP contribution is -2.37. The monoisotopic (exact) mass is 319 g/mol. The van der Waals surface area contributed by atoms with Gasteiger partial charge in [0.15, 0.2) is 5.82 Å². The second-order valence-electron chi connectivity index (χ2n) is 5.96. The minimum Gasteiger partial charge on any atom is -0.339 e. The molecule has 0 aliphatic carbocycles. The molecule has 2 aromatic rings. The van der Waals surface area contributed by atoms with Gasteiger partial charge >= 0.3 is 0 Å². The molecule has 2 rings (SSSR count). The maximum atomic E-state index is 12.8. The Kier molecular flexibility index (Phi) is 5.90. The van der Waals surface area contributed by atoms with Crippen molar-refractivity contribution in [2.75, 3.05) is 6.54 Å². The Morgan fingerprint density at radius 1 is 1.39 bits per heavy atom. The molecule has 0 saturated carbocycles. The van der Waals surface area contributed by atoms with Gasteiger partial charge in [-0.2, -0.15) is 10.1 Å². The summed E-state index contributed by atoms with van der Waals surface area (Å²) in [5.41, 5.74) is 0. The van der Waals surface area contributed by atoms with Gasteiger partial charge in [0.25, 0.3) is 0 Å². The molecule has 0 spiro atoms. The van der Waals surface area contributed by atoms with Crippen LogP contribution in [0.25, 0.3) is 0 Å². The van der Waals surface area contributed by atoms with Crippen molar-refractivity contribution in [1.29, 1.82) is 0 Å². The zero-order valence-electron chi connectivity index (χ0n) is 14.3. The van der Waals surface area contributed by atoms with Crippen molar-refractivity contribution in [3.05, 3.63) is 30.2 Å². The molecular formula is C16H25N5O2. The number of hydrogen-bond acceptors (Lipinski definition) is 5. The van der Waals surface area contributed by atoms with Crippen LogP contribution in [0.5, 0.6) is 0 Å². The molecular weight excluding hydrogens is 294 g/mol. The van der Waals surface area contributed by atoms with Gasteiger partial charge in [-0.15, -0.1) is 0 Å². The first-order valence-electron chi connectivity index (χ1n) is 8.14. The van der Waals surface area contributed by atoms with Gasteiger partial charge in [-0.3, -0.25) is 9.48 Å². The molecule has 0 N–H and O–H groups in total. The van der Waals surface area contributed by atoms with E-state index in [2.05, 4.69) is 29.1 Å². The zero-order valence-corrected chi connectivity index (χ0v) is 14.3. The summed E-state index contributed by atoms with van der Waals surface area (Å²) < 4.78 is 6.94. The molecule has 126 valence electrons. The fourth-order valence-electron chi connectivity index (χ4n) is 2.45. The van der Waals surface area contributed by atoms with Crippen molar-refractivity contribution in [3.8, 4) is 0 Å². The van der Waals surface area contributed by atoms with Crippen molar-refractivity contribution in [2.45, 2.75) is 53.1 Å². The zero-order chi connectivity index (χ0) is 16.8. The molecule has 0 unspecified atom stereocenters. The average Bonchev–Trinajstić information content (AvgIpc) is 3.17. The SMILES string of the molecule is CC[C@@H](C(=O)N(CC)Cc1noc(CC(C)C)n1)n1cccn1. The van der Waals surface area contributed by atoms with E-state index in [-0.39, 0.29) is 11.9 Å². The van der Waals surface area contributed by atoms with Crippen LogP contribution in [0.4, 0.5) is 0 Å². The van der Waals surface area contributed by atoms with E-state index in [1.165, 1.54) is 0 Å². The molecule has 0 aliphatic rings. The van der Waals surface area contributed by atoms with Gasteiger partial charge in [-0.05, 0) is 25.3 Å². The second-order valence-corrected chi connectivity index (χ2v) is 5.96. The number of amides is 1. The van der Waals surface area contributed by atoms with Crippen LogP contribution in [-0.4, -0.2) is 37.3 Å². The smallest absolute Gasteiger partial charge is 0.247 e. The molecule has 0 saturated heterocycles. The topological polar surface area (TPSA) is 77.0 Å². The van der Waals surface area contributed by atoms with Gasteiger partial charge in [0, 0.05) is 25.4 Å². The number of rotatable bonds is 8. The van der Waals surface area contributed by atoms with E-state index in [1.807, 2.05) is 26.1 Å². The van der Waals surface area contributed by atoms with Crippen molar-refractivity contribution < 1.29 is 9.32 Å². The lowest BCUT2D eigenvalue weighted by molar-refractivity contribution is -0.135. The summed E-state index contributed by atoms with van der Waals surface area (Å²) in [5, 5.41) is 8.17.